The molecule has 3 unspecified atom stereocenters. The molecule has 1 aromatic heterocycles. The maximum absolute atomic E-state index is 13.3. The molecule has 25 heavy (non-hydrogen) atoms. The van der Waals surface area contributed by atoms with Gasteiger partial charge in [0.15, 0.2) is 0 Å². The number of carbonyl (C=O) groups excluding carboxylic acids is 2. The number of nitrogens with zero attached hydrogens (tertiary/aromatic N) is 2. The van der Waals surface area contributed by atoms with E-state index in [9.17, 15) is 9.59 Å². The molecule has 0 radical (unpaired) electrons. The molecule has 3 heterocycles. The van der Waals surface area contributed by atoms with Crippen LogP contribution in [-0.4, -0.2) is 47.3 Å². The van der Waals surface area contributed by atoms with Crippen molar-refractivity contribution in [2.75, 3.05) is 19.6 Å². The lowest BCUT2D eigenvalue weighted by molar-refractivity contribution is -0.143. The van der Waals surface area contributed by atoms with Gasteiger partial charge < -0.3 is 9.80 Å². The van der Waals surface area contributed by atoms with E-state index in [2.05, 4.69) is 4.90 Å². The van der Waals surface area contributed by atoms with Crippen LogP contribution in [-0.2, 0) is 4.79 Å². The number of hydrogen-bond acceptors (Lipinski definition) is 3. The highest BCUT2D eigenvalue weighted by Gasteiger charge is 2.39. The van der Waals surface area contributed by atoms with Gasteiger partial charge >= 0.3 is 0 Å². The molecule has 3 atom stereocenters. The fraction of sp³-hybridized carbons (Fsp3) is 0.700. The van der Waals surface area contributed by atoms with Crippen LogP contribution in [0.25, 0.3) is 0 Å². The number of rotatable bonds is 2. The lowest BCUT2D eigenvalue weighted by atomic mass is 9.77. The van der Waals surface area contributed by atoms with Crippen LogP contribution in [0.4, 0.5) is 0 Å². The van der Waals surface area contributed by atoms with E-state index >= 15 is 0 Å². The Hall–Kier alpha value is -1.36. The molecule has 0 N–H and O–H groups in total. The number of carbonyl (C=O) groups is 2. The van der Waals surface area contributed by atoms with Gasteiger partial charge in [-0.05, 0) is 55.9 Å². The number of fused-ring (bicyclic) bond motifs is 1. The van der Waals surface area contributed by atoms with Crippen LogP contribution < -0.4 is 0 Å². The van der Waals surface area contributed by atoms with Crippen molar-refractivity contribution < 1.29 is 9.59 Å². The topological polar surface area (TPSA) is 40.6 Å². The van der Waals surface area contributed by atoms with Gasteiger partial charge in [0.1, 0.15) is 0 Å². The molecule has 2 saturated heterocycles. The lowest BCUT2D eigenvalue weighted by Gasteiger charge is -2.46. The molecule has 0 spiro atoms. The Morgan fingerprint density at radius 3 is 2.64 bits per heavy atom. The van der Waals surface area contributed by atoms with Gasteiger partial charge in [-0.15, -0.1) is 11.3 Å². The van der Waals surface area contributed by atoms with Crippen molar-refractivity contribution in [3.05, 3.63) is 22.4 Å². The third-order valence-corrected chi connectivity index (χ3v) is 7.17. The molecule has 0 bridgehead atoms. The Balaban J connectivity index is 1.43. The minimum Gasteiger partial charge on any atom is -0.339 e. The number of amides is 2. The molecule has 1 saturated carbocycles. The Labute approximate surface area is 154 Å². The van der Waals surface area contributed by atoms with Crippen LogP contribution in [0.3, 0.4) is 0 Å². The highest BCUT2D eigenvalue weighted by atomic mass is 32.1. The Morgan fingerprint density at radius 1 is 1.00 bits per heavy atom. The van der Waals surface area contributed by atoms with E-state index in [4.69, 9.17) is 0 Å². The Bertz CT molecular complexity index is 613. The van der Waals surface area contributed by atoms with Crippen molar-refractivity contribution in [1.29, 1.82) is 0 Å². The fourth-order valence-corrected chi connectivity index (χ4v) is 5.74. The third kappa shape index (κ3) is 3.48. The van der Waals surface area contributed by atoms with E-state index < -0.39 is 0 Å². The molecule has 136 valence electrons. The second kappa shape index (κ2) is 7.48. The highest BCUT2D eigenvalue weighted by molar-refractivity contribution is 7.12. The van der Waals surface area contributed by atoms with Crippen LogP contribution in [0.15, 0.2) is 17.5 Å². The highest BCUT2D eigenvalue weighted by Crippen LogP contribution is 2.36. The van der Waals surface area contributed by atoms with Gasteiger partial charge in [0.2, 0.25) is 5.91 Å². The van der Waals surface area contributed by atoms with Crippen molar-refractivity contribution in [2.24, 2.45) is 11.8 Å². The SMILES string of the molecule is O=C(c1cccs1)N1CCCC(C(=O)N2CCCC3CCCCC32)C1. The second-order valence-electron chi connectivity index (χ2n) is 7.85. The zero-order chi connectivity index (χ0) is 17.2. The molecule has 3 aliphatic rings. The van der Waals surface area contributed by atoms with Gasteiger partial charge in [-0.3, -0.25) is 9.59 Å². The van der Waals surface area contributed by atoms with Gasteiger partial charge in [0.05, 0.1) is 10.8 Å². The van der Waals surface area contributed by atoms with E-state index in [0.717, 1.165) is 43.1 Å². The summed E-state index contributed by atoms with van der Waals surface area (Å²) in [6.45, 7) is 2.31. The maximum Gasteiger partial charge on any atom is 0.263 e. The summed E-state index contributed by atoms with van der Waals surface area (Å²) in [6.07, 6.45) is 9.38. The Morgan fingerprint density at radius 2 is 1.80 bits per heavy atom. The van der Waals surface area contributed by atoms with Crippen molar-refractivity contribution in [2.45, 2.75) is 57.4 Å². The third-order valence-electron chi connectivity index (χ3n) is 6.32. The molecule has 4 nitrogen and oxygen atoms in total. The maximum atomic E-state index is 13.3. The summed E-state index contributed by atoms with van der Waals surface area (Å²) >= 11 is 1.49. The minimum atomic E-state index is -0.00154. The number of likely N-dealkylation sites (tertiary alicyclic amines) is 2. The summed E-state index contributed by atoms with van der Waals surface area (Å²) in [5.74, 6) is 1.14. The monoisotopic (exact) mass is 360 g/mol. The molecule has 3 fully saturated rings. The molecular weight excluding hydrogens is 332 g/mol. The average Bonchev–Trinajstić information content (AvgIpc) is 3.21. The molecule has 2 amide bonds. The number of thiophene rings is 1. The summed E-state index contributed by atoms with van der Waals surface area (Å²) in [6, 6.07) is 4.27. The van der Waals surface area contributed by atoms with E-state index in [0.29, 0.717) is 18.5 Å². The first-order valence-corrected chi connectivity index (χ1v) is 10.8. The zero-order valence-electron chi connectivity index (χ0n) is 14.9. The molecule has 0 aromatic carbocycles. The summed E-state index contributed by atoms with van der Waals surface area (Å²) < 4.78 is 0. The van der Waals surface area contributed by atoms with E-state index in [1.165, 1.54) is 43.4 Å². The van der Waals surface area contributed by atoms with Crippen LogP contribution in [0.1, 0.15) is 61.0 Å². The molecule has 5 heteroatoms. The molecule has 4 rings (SSSR count). The van der Waals surface area contributed by atoms with Crippen molar-refractivity contribution in [3.63, 3.8) is 0 Å². The minimum absolute atomic E-state index is 0.00154. The summed E-state index contributed by atoms with van der Waals surface area (Å²) in [5, 5.41) is 1.94. The molecule has 1 aromatic rings. The van der Waals surface area contributed by atoms with Gasteiger partial charge in [0, 0.05) is 25.7 Å². The standard InChI is InChI=1S/C20H28N2O2S/c23-19(22-12-4-7-15-6-1-2-9-17(15)22)16-8-3-11-21(14-16)20(24)18-10-5-13-25-18/h5,10,13,15-17H,1-4,6-9,11-12,14H2. The zero-order valence-corrected chi connectivity index (χ0v) is 15.7. The predicted octanol–water partition coefficient (Wildman–Crippen LogP) is 3.78. The average molecular weight is 361 g/mol. The van der Waals surface area contributed by atoms with Crippen LogP contribution in [0, 0.1) is 11.8 Å². The number of piperidine rings is 2. The Kier molecular flexibility index (Phi) is 5.11. The molecule has 2 aliphatic heterocycles. The van der Waals surface area contributed by atoms with Gasteiger partial charge in [0.25, 0.3) is 5.91 Å². The van der Waals surface area contributed by atoms with Crippen LogP contribution in [0.2, 0.25) is 0 Å². The second-order valence-corrected chi connectivity index (χ2v) is 8.80. The predicted molar refractivity (Wildman–Crippen MR) is 99.6 cm³/mol. The summed E-state index contributed by atoms with van der Waals surface area (Å²) in [4.78, 5) is 30.8. The van der Waals surface area contributed by atoms with Gasteiger partial charge in [-0.1, -0.05) is 18.9 Å². The van der Waals surface area contributed by atoms with Gasteiger partial charge in [-0.25, -0.2) is 0 Å². The normalized spacial score (nSPS) is 30.0. The van der Waals surface area contributed by atoms with Crippen molar-refractivity contribution in [3.8, 4) is 0 Å². The first-order valence-electron chi connectivity index (χ1n) is 9.87. The van der Waals surface area contributed by atoms with Crippen molar-refractivity contribution in [1.82, 2.24) is 9.80 Å². The van der Waals surface area contributed by atoms with Crippen LogP contribution in [0.5, 0.6) is 0 Å². The number of hydrogen-bond donors (Lipinski definition) is 0. The quantitative estimate of drug-likeness (QED) is 0.805. The summed E-state index contributed by atoms with van der Waals surface area (Å²) in [5.41, 5.74) is 0. The molecule has 1 aliphatic carbocycles. The molecular formula is C20H28N2O2S. The van der Waals surface area contributed by atoms with E-state index in [-0.39, 0.29) is 11.8 Å². The van der Waals surface area contributed by atoms with Crippen LogP contribution >= 0.6 is 11.3 Å². The van der Waals surface area contributed by atoms with Gasteiger partial charge in [-0.2, -0.15) is 0 Å². The lowest BCUT2D eigenvalue weighted by Crippen LogP contribution is -2.54. The van der Waals surface area contributed by atoms with Crippen molar-refractivity contribution >= 4 is 23.2 Å². The first kappa shape index (κ1) is 17.1. The first-order chi connectivity index (χ1) is 12.2. The van der Waals surface area contributed by atoms with E-state index in [1.807, 2.05) is 22.4 Å². The van der Waals surface area contributed by atoms with E-state index in [1.54, 1.807) is 0 Å². The summed E-state index contributed by atoms with van der Waals surface area (Å²) in [7, 11) is 0. The fourth-order valence-electron chi connectivity index (χ4n) is 5.05. The smallest absolute Gasteiger partial charge is 0.263 e. The largest absolute Gasteiger partial charge is 0.339 e.